The molecule has 2 amide bonds. The van der Waals surface area contributed by atoms with Gasteiger partial charge in [-0.2, -0.15) is 0 Å². The number of carbonyl (C=O) groups is 2. The third kappa shape index (κ3) is 4.28. The van der Waals surface area contributed by atoms with Crippen LogP contribution in [0.2, 0.25) is 0 Å². The number of amides is 2. The number of hydrogen-bond donors (Lipinski definition) is 2. The molecule has 0 aliphatic rings. The van der Waals surface area contributed by atoms with E-state index < -0.39 is 0 Å². The average molecular weight is 418 g/mol. The van der Waals surface area contributed by atoms with Crippen LogP contribution in [0.25, 0.3) is 10.8 Å². The lowest BCUT2D eigenvalue weighted by molar-refractivity contribution is 0.102. The van der Waals surface area contributed by atoms with Crippen LogP contribution >= 0.6 is 11.3 Å². The van der Waals surface area contributed by atoms with Gasteiger partial charge in [-0.25, -0.2) is 4.98 Å². The molecule has 4 aromatic rings. The van der Waals surface area contributed by atoms with E-state index >= 15 is 0 Å². The minimum absolute atomic E-state index is 0.268. The van der Waals surface area contributed by atoms with E-state index in [-0.39, 0.29) is 11.8 Å². The maximum atomic E-state index is 12.8. The minimum Gasteiger partial charge on any atom is -0.459 e. The first-order valence-corrected chi connectivity index (χ1v) is 9.98. The van der Waals surface area contributed by atoms with Gasteiger partial charge in [0.25, 0.3) is 11.8 Å². The maximum absolute atomic E-state index is 12.8. The van der Waals surface area contributed by atoms with E-state index in [0.717, 1.165) is 5.76 Å². The number of nitrogens with one attached hydrogen (secondary N) is 2. The second kappa shape index (κ2) is 8.30. The second-order valence-corrected chi connectivity index (χ2v) is 7.57. The van der Waals surface area contributed by atoms with Crippen LogP contribution in [0.3, 0.4) is 0 Å². The predicted molar refractivity (Wildman–Crippen MR) is 116 cm³/mol. The molecule has 8 heteroatoms. The van der Waals surface area contributed by atoms with Crippen molar-refractivity contribution in [3.8, 4) is 10.8 Å². The molecule has 3 aromatic heterocycles. The Kier molecular flexibility index (Phi) is 5.40. The van der Waals surface area contributed by atoms with Crippen LogP contribution in [0, 0.1) is 13.8 Å². The van der Waals surface area contributed by atoms with Crippen molar-refractivity contribution in [3.63, 3.8) is 0 Å². The van der Waals surface area contributed by atoms with Crippen molar-refractivity contribution >= 4 is 34.5 Å². The van der Waals surface area contributed by atoms with Crippen LogP contribution in [0.15, 0.2) is 65.3 Å². The van der Waals surface area contributed by atoms with Gasteiger partial charge in [-0.3, -0.25) is 14.6 Å². The van der Waals surface area contributed by atoms with Gasteiger partial charge in [0.1, 0.15) is 10.6 Å². The molecule has 4 rings (SSSR count). The molecule has 3 heterocycles. The third-order valence-electron chi connectivity index (χ3n) is 4.26. The van der Waals surface area contributed by atoms with Crippen LogP contribution in [-0.2, 0) is 0 Å². The SMILES string of the molecule is Cc1ccc(-c2nc(C)c(C(=O)Nc3cccc(NC(=O)c4cccnc4)c3)s2)o1. The molecule has 0 bridgehead atoms. The molecule has 150 valence electrons. The Morgan fingerprint density at radius 1 is 0.967 bits per heavy atom. The highest BCUT2D eigenvalue weighted by molar-refractivity contribution is 7.17. The molecule has 0 atom stereocenters. The Balaban J connectivity index is 1.48. The zero-order valence-electron chi connectivity index (χ0n) is 16.3. The largest absolute Gasteiger partial charge is 0.459 e. The van der Waals surface area contributed by atoms with Crippen molar-refractivity contribution < 1.29 is 14.0 Å². The molecule has 1 aromatic carbocycles. The van der Waals surface area contributed by atoms with E-state index in [0.29, 0.717) is 38.3 Å². The van der Waals surface area contributed by atoms with Crippen molar-refractivity contribution in [2.45, 2.75) is 13.8 Å². The van der Waals surface area contributed by atoms with Gasteiger partial charge in [0.05, 0.1) is 11.3 Å². The van der Waals surface area contributed by atoms with Gasteiger partial charge in [0.2, 0.25) is 0 Å². The average Bonchev–Trinajstić information content (AvgIpc) is 3.34. The molecular formula is C22H18N4O3S. The predicted octanol–water partition coefficient (Wildman–Crippen LogP) is 4.92. The molecule has 0 fully saturated rings. The Morgan fingerprint density at radius 3 is 2.40 bits per heavy atom. The Morgan fingerprint density at radius 2 is 1.73 bits per heavy atom. The Labute approximate surface area is 176 Å². The summed E-state index contributed by atoms with van der Waals surface area (Å²) in [6.45, 7) is 3.65. The Bertz CT molecular complexity index is 1210. The summed E-state index contributed by atoms with van der Waals surface area (Å²) in [6, 6.07) is 14.0. The quantitative estimate of drug-likeness (QED) is 0.479. The number of benzene rings is 1. The lowest BCUT2D eigenvalue weighted by atomic mass is 10.2. The minimum atomic E-state index is -0.275. The van der Waals surface area contributed by atoms with E-state index in [9.17, 15) is 9.59 Å². The van der Waals surface area contributed by atoms with Crippen molar-refractivity contribution in [3.05, 3.63) is 82.8 Å². The van der Waals surface area contributed by atoms with Gasteiger partial charge in [0.15, 0.2) is 10.8 Å². The maximum Gasteiger partial charge on any atom is 0.267 e. The summed E-state index contributed by atoms with van der Waals surface area (Å²) in [7, 11) is 0. The number of carbonyl (C=O) groups excluding carboxylic acids is 2. The summed E-state index contributed by atoms with van der Waals surface area (Å²) in [5.74, 6) is 0.882. The van der Waals surface area contributed by atoms with Crippen molar-refractivity contribution in [2.75, 3.05) is 10.6 Å². The molecule has 0 spiro atoms. The summed E-state index contributed by atoms with van der Waals surface area (Å²) < 4.78 is 5.60. The molecule has 0 saturated carbocycles. The summed E-state index contributed by atoms with van der Waals surface area (Å²) in [5.41, 5.74) is 2.21. The van der Waals surface area contributed by atoms with Crippen LogP contribution < -0.4 is 10.6 Å². The highest BCUT2D eigenvalue weighted by Gasteiger charge is 2.18. The standard InChI is InChI=1S/C22H18N4O3S/c1-13-8-9-18(29-13)22-24-14(2)19(30-22)21(28)26-17-7-3-6-16(11-17)25-20(27)15-5-4-10-23-12-15/h3-12H,1-2H3,(H,25,27)(H,26,28). The number of thiazole rings is 1. The van der Waals surface area contributed by atoms with Crippen molar-refractivity contribution in [1.29, 1.82) is 0 Å². The van der Waals surface area contributed by atoms with E-state index in [1.807, 2.05) is 19.1 Å². The number of nitrogens with zero attached hydrogens (tertiary/aromatic N) is 2. The summed E-state index contributed by atoms with van der Waals surface area (Å²) in [5, 5.41) is 6.31. The van der Waals surface area contributed by atoms with Gasteiger partial charge >= 0.3 is 0 Å². The lowest BCUT2D eigenvalue weighted by Crippen LogP contribution is -2.14. The topological polar surface area (TPSA) is 97.1 Å². The van der Waals surface area contributed by atoms with Crippen molar-refractivity contribution in [1.82, 2.24) is 9.97 Å². The number of rotatable bonds is 5. The first-order valence-electron chi connectivity index (χ1n) is 9.16. The second-order valence-electron chi connectivity index (χ2n) is 6.57. The molecule has 30 heavy (non-hydrogen) atoms. The first kappa shape index (κ1) is 19.5. The summed E-state index contributed by atoms with van der Waals surface area (Å²) >= 11 is 1.27. The number of furan rings is 1. The summed E-state index contributed by atoms with van der Waals surface area (Å²) in [4.78, 5) is 34.0. The van der Waals surface area contributed by atoms with E-state index in [1.165, 1.54) is 17.5 Å². The van der Waals surface area contributed by atoms with Crippen LogP contribution in [0.5, 0.6) is 0 Å². The zero-order valence-corrected chi connectivity index (χ0v) is 17.1. The first-order chi connectivity index (χ1) is 14.5. The normalized spacial score (nSPS) is 10.6. The fraction of sp³-hybridized carbons (Fsp3) is 0.0909. The molecule has 0 saturated heterocycles. The van der Waals surface area contributed by atoms with Gasteiger partial charge in [-0.15, -0.1) is 11.3 Å². The van der Waals surface area contributed by atoms with Gasteiger partial charge in [-0.05, 0) is 56.3 Å². The number of anilines is 2. The molecule has 0 aliphatic heterocycles. The highest BCUT2D eigenvalue weighted by Crippen LogP contribution is 2.30. The van der Waals surface area contributed by atoms with Crippen LogP contribution in [-0.4, -0.2) is 21.8 Å². The van der Waals surface area contributed by atoms with Crippen LogP contribution in [0.1, 0.15) is 31.5 Å². The molecule has 7 nitrogen and oxygen atoms in total. The zero-order chi connectivity index (χ0) is 21.1. The number of hydrogen-bond acceptors (Lipinski definition) is 6. The molecular weight excluding hydrogens is 400 g/mol. The number of aromatic nitrogens is 2. The van der Waals surface area contributed by atoms with E-state index in [4.69, 9.17) is 4.42 Å². The highest BCUT2D eigenvalue weighted by atomic mass is 32.1. The van der Waals surface area contributed by atoms with Gasteiger partial charge in [0, 0.05) is 23.8 Å². The summed E-state index contributed by atoms with van der Waals surface area (Å²) in [6.07, 6.45) is 3.10. The fourth-order valence-electron chi connectivity index (χ4n) is 2.82. The Hall–Kier alpha value is -3.78. The monoisotopic (exact) mass is 418 g/mol. The molecule has 0 aliphatic carbocycles. The lowest BCUT2D eigenvalue weighted by Gasteiger charge is -2.08. The number of aryl methyl sites for hydroxylation is 2. The smallest absolute Gasteiger partial charge is 0.267 e. The van der Waals surface area contributed by atoms with Crippen molar-refractivity contribution in [2.24, 2.45) is 0 Å². The van der Waals surface area contributed by atoms with E-state index in [2.05, 4.69) is 20.6 Å². The van der Waals surface area contributed by atoms with Crippen LogP contribution in [0.4, 0.5) is 11.4 Å². The van der Waals surface area contributed by atoms with Gasteiger partial charge in [-0.1, -0.05) is 6.07 Å². The number of pyridine rings is 1. The van der Waals surface area contributed by atoms with Gasteiger partial charge < -0.3 is 15.1 Å². The van der Waals surface area contributed by atoms with E-state index in [1.54, 1.807) is 49.5 Å². The molecule has 0 unspecified atom stereocenters. The molecule has 0 radical (unpaired) electrons. The fourth-order valence-corrected chi connectivity index (χ4v) is 3.75. The third-order valence-corrected chi connectivity index (χ3v) is 5.43. The molecule has 2 N–H and O–H groups in total.